The van der Waals surface area contributed by atoms with Crippen LogP contribution in [0, 0.1) is 0 Å². The van der Waals surface area contributed by atoms with Crippen LogP contribution in [0.25, 0.3) is 5.00 Å². The smallest absolute Gasteiger partial charge is 0.310 e. The van der Waals surface area contributed by atoms with E-state index < -0.39 is 0 Å². The van der Waals surface area contributed by atoms with Gasteiger partial charge in [0.1, 0.15) is 5.00 Å². The Morgan fingerprint density at radius 2 is 1.79 bits per heavy atom. The van der Waals surface area contributed by atoms with Crippen LogP contribution in [-0.4, -0.2) is 34.0 Å². The SMILES string of the molecule is CN1CCc2c(sc3c2CN(C(=O)Nc2ccccc2)C(c2ccc(Cl)cc2)c2cccn2-3)C1. The number of carbonyl (C=O) groups excluding carboxylic acids is 1. The molecule has 5 nitrogen and oxygen atoms in total. The molecule has 2 aromatic carbocycles. The van der Waals surface area contributed by atoms with Crippen molar-refractivity contribution in [3.63, 3.8) is 0 Å². The molecule has 0 fully saturated rings. The molecule has 4 aromatic rings. The Morgan fingerprint density at radius 3 is 2.59 bits per heavy atom. The number of anilines is 1. The molecular weight excluding hydrogens is 464 g/mol. The lowest BCUT2D eigenvalue weighted by atomic mass is 10.0. The predicted molar refractivity (Wildman–Crippen MR) is 138 cm³/mol. The highest BCUT2D eigenvalue weighted by Crippen LogP contribution is 2.43. The maximum absolute atomic E-state index is 13.8. The van der Waals surface area contributed by atoms with E-state index in [-0.39, 0.29) is 12.1 Å². The van der Waals surface area contributed by atoms with Crippen molar-refractivity contribution in [3.05, 3.63) is 105 Å². The molecule has 1 unspecified atom stereocenters. The van der Waals surface area contributed by atoms with Crippen LogP contribution in [0.4, 0.5) is 10.5 Å². The summed E-state index contributed by atoms with van der Waals surface area (Å²) in [5.41, 5.74) is 5.58. The molecule has 7 heteroatoms. The summed E-state index contributed by atoms with van der Waals surface area (Å²) in [5, 5.41) is 5.05. The van der Waals surface area contributed by atoms with Gasteiger partial charge in [-0.25, -0.2) is 4.79 Å². The van der Waals surface area contributed by atoms with Gasteiger partial charge in [-0.1, -0.05) is 41.9 Å². The van der Waals surface area contributed by atoms with Gasteiger partial charge in [-0.15, -0.1) is 11.3 Å². The van der Waals surface area contributed by atoms with Gasteiger partial charge in [0.15, 0.2) is 0 Å². The first kappa shape index (κ1) is 21.5. The lowest BCUT2D eigenvalue weighted by molar-refractivity contribution is 0.194. The number of thiophene rings is 1. The van der Waals surface area contributed by atoms with Gasteiger partial charge in [-0.2, -0.15) is 0 Å². The molecule has 2 aromatic heterocycles. The van der Waals surface area contributed by atoms with E-state index >= 15 is 0 Å². The number of nitrogens with zero attached hydrogens (tertiary/aromatic N) is 3. The number of halogens is 1. The number of carbonyl (C=O) groups is 1. The molecule has 1 atom stereocenters. The first-order valence-corrected chi connectivity index (χ1v) is 12.7. The fourth-order valence-corrected chi connectivity index (χ4v) is 6.63. The normalized spacial score (nSPS) is 17.5. The molecule has 0 bridgehead atoms. The Kier molecular flexibility index (Phi) is 5.44. The molecule has 0 radical (unpaired) electrons. The van der Waals surface area contributed by atoms with Gasteiger partial charge in [0, 0.05) is 40.4 Å². The van der Waals surface area contributed by atoms with E-state index in [9.17, 15) is 4.79 Å². The van der Waals surface area contributed by atoms with Crippen LogP contribution in [-0.2, 0) is 19.5 Å². The molecule has 2 amide bonds. The number of urea groups is 1. The number of hydrogen-bond acceptors (Lipinski definition) is 3. The molecule has 172 valence electrons. The predicted octanol–water partition coefficient (Wildman–Crippen LogP) is 6.32. The topological polar surface area (TPSA) is 40.5 Å². The van der Waals surface area contributed by atoms with Crippen LogP contribution in [0.15, 0.2) is 72.9 Å². The Balaban J connectivity index is 1.50. The van der Waals surface area contributed by atoms with Crippen molar-refractivity contribution >= 4 is 34.7 Å². The monoisotopic (exact) mass is 488 g/mol. The quantitative estimate of drug-likeness (QED) is 0.359. The standard InChI is InChI=1S/C27H25ClN4OS/c1-30-15-13-21-22-16-32(27(33)29-20-6-3-2-4-7-20)25(18-9-11-19(28)12-10-18)23-8-5-14-31(23)26(22)34-24(21)17-30/h2-12,14,25H,13,15-17H2,1H3,(H,29,33). The number of fused-ring (bicyclic) bond motifs is 5. The van der Waals surface area contributed by atoms with E-state index in [1.165, 1.54) is 21.0 Å². The number of amides is 2. The summed E-state index contributed by atoms with van der Waals surface area (Å²) in [7, 11) is 2.17. The molecule has 2 aliphatic rings. The van der Waals surface area contributed by atoms with Crippen molar-refractivity contribution in [1.82, 2.24) is 14.4 Å². The maximum atomic E-state index is 13.8. The van der Waals surface area contributed by atoms with Crippen molar-refractivity contribution in [2.75, 3.05) is 18.9 Å². The Morgan fingerprint density at radius 1 is 1.00 bits per heavy atom. The van der Waals surface area contributed by atoms with Crippen molar-refractivity contribution in [2.24, 2.45) is 0 Å². The number of benzene rings is 2. The van der Waals surface area contributed by atoms with Crippen LogP contribution in [0.1, 0.15) is 33.3 Å². The number of rotatable bonds is 2. The third-order valence-electron chi connectivity index (χ3n) is 6.73. The van der Waals surface area contributed by atoms with Crippen molar-refractivity contribution in [1.29, 1.82) is 0 Å². The minimum absolute atomic E-state index is 0.111. The van der Waals surface area contributed by atoms with Gasteiger partial charge in [-0.05, 0) is 61.0 Å². The Hall–Kier alpha value is -3.06. The lowest BCUT2D eigenvalue weighted by Gasteiger charge is -2.32. The van der Waals surface area contributed by atoms with Crippen LogP contribution >= 0.6 is 22.9 Å². The molecule has 34 heavy (non-hydrogen) atoms. The lowest BCUT2D eigenvalue weighted by Crippen LogP contribution is -2.38. The van der Waals surface area contributed by atoms with Gasteiger partial charge in [0.2, 0.25) is 0 Å². The van der Waals surface area contributed by atoms with E-state index in [0.29, 0.717) is 11.6 Å². The molecule has 1 N–H and O–H groups in total. The Bertz CT molecular complexity index is 1340. The fourth-order valence-electron chi connectivity index (χ4n) is 5.06. The van der Waals surface area contributed by atoms with Gasteiger partial charge in [0.05, 0.1) is 18.3 Å². The van der Waals surface area contributed by atoms with Crippen LogP contribution in [0.5, 0.6) is 0 Å². The molecular formula is C27H25ClN4OS. The second-order valence-corrected chi connectivity index (χ2v) is 10.5. The summed E-state index contributed by atoms with van der Waals surface area (Å²) >= 11 is 8.08. The second-order valence-electron chi connectivity index (χ2n) is 8.96. The van der Waals surface area contributed by atoms with Crippen LogP contribution in [0.3, 0.4) is 0 Å². The molecule has 4 heterocycles. The fraction of sp³-hybridized carbons (Fsp3) is 0.222. The molecule has 0 aliphatic carbocycles. The first-order valence-electron chi connectivity index (χ1n) is 11.5. The third kappa shape index (κ3) is 3.72. The summed E-state index contributed by atoms with van der Waals surface area (Å²) in [6, 6.07) is 21.4. The highest BCUT2D eigenvalue weighted by molar-refractivity contribution is 7.15. The maximum Gasteiger partial charge on any atom is 0.322 e. The van der Waals surface area contributed by atoms with E-state index in [2.05, 4.69) is 40.2 Å². The number of hydrogen-bond donors (Lipinski definition) is 1. The summed E-state index contributed by atoms with van der Waals surface area (Å²) in [6.07, 6.45) is 3.13. The van der Waals surface area contributed by atoms with E-state index in [1.54, 1.807) is 0 Å². The average Bonchev–Trinajstić information content (AvgIpc) is 3.42. The zero-order valence-corrected chi connectivity index (χ0v) is 20.4. The number of nitrogens with one attached hydrogen (secondary N) is 1. The number of aromatic nitrogens is 1. The largest absolute Gasteiger partial charge is 0.322 e. The van der Waals surface area contributed by atoms with Gasteiger partial charge >= 0.3 is 6.03 Å². The first-order chi connectivity index (χ1) is 16.6. The highest BCUT2D eigenvalue weighted by atomic mass is 35.5. The van der Waals surface area contributed by atoms with E-state index in [0.717, 1.165) is 36.5 Å². The molecule has 2 aliphatic heterocycles. The van der Waals surface area contributed by atoms with Crippen molar-refractivity contribution in [2.45, 2.75) is 25.6 Å². The van der Waals surface area contributed by atoms with Gasteiger partial charge in [0.25, 0.3) is 0 Å². The second kappa shape index (κ2) is 8.62. The summed E-state index contributed by atoms with van der Waals surface area (Å²) < 4.78 is 2.29. The Labute approximate surface area is 208 Å². The van der Waals surface area contributed by atoms with Crippen molar-refractivity contribution in [3.8, 4) is 5.00 Å². The van der Waals surface area contributed by atoms with E-state index in [4.69, 9.17) is 11.6 Å². The third-order valence-corrected chi connectivity index (χ3v) is 8.24. The zero-order valence-electron chi connectivity index (χ0n) is 18.9. The average molecular weight is 489 g/mol. The highest BCUT2D eigenvalue weighted by Gasteiger charge is 2.36. The minimum Gasteiger partial charge on any atom is -0.310 e. The summed E-state index contributed by atoms with van der Waals surface area (Å²) in [6.45, 7) is 2.55. The van der Waals surface area contributed by atoms with Crippen LogP contribution in [0.2, 0.25) is 5.02 Å². The molecule has 0 saturated carbocycles. The van der Waals surface area contributed by atoms with Gasteiger partial charge < -0.3 is 19.7 Å². The molecule has 6 rings (SSSR count). The molecule has 0 spiro atoms. The number of likely N-dealkylation sites (N-methyl/N-ethyl adjacent to an activating group) is 1. The molecule has 0 saturated heterocycles. The minimum atomic E-state index is -0.238. The number of para-hydroxylation sites is 1. The van der Waals surface area contributed by atoms with Crippen molar-refractivity contribution < 1.29 is 4.79 Å². The van der Waals surface area contributed by atoms with Gasteiger partial charge in [-0.3, -0.25) is 0 Å². The van der Waals surface area contributed by atoms with Crippen LogP contribution < -0.4 is 5.32 Å². The summed E-state index contributed by atoms with van der Waals surface area (Å²) in [4.78, 5) is 19.6. The van der Waals surface area contributed by atoms with E-state index in [1.807, 2.05) is 70.8 Å². The zero-order chi connectivity index (χ0) is 23.2. The summed E-state index contributed by atoms with van der Waals surface area (Å²) in [5.74, 6) is 0.